The van der Waals surface area contributed by atoms with Gasteiger partial charge in [-0.2, -0.15) is 13.2 Å². The van der Waals surface area contributed by atoms with Crippen molar-refractivity contribution in [3.63, 3.8) is 0 Å². The highest BCUT2D eigenvalue weighted by atomic mass is 19.4. The number of likely N-dealkylation sites (tertiary alicyclic amines) is 1. The van der Waals surface area contributed by atoms with Gasteiger partial charge in [0.15, 0.2) is 0 Å². The molecule has 1 aromatic rings. The largest absolute Gasteiger partial charge is 0.416 e. The van der Waals surface area contributed by atoms with E-state index < -0.39 is 11.7 Å². The van der Waals surface area contributed by atoms with Crippen LogP contribution in [-0.4, -0.2) is 41.9 Å². The van der Waals surface area contributed by atoms with Gasteiger partial charge in [0.25, 0.3) is 0 Å². The van der Waals surface area contributed by atoms with Crippen molar-refractivity contribution in [1.82, 2.24) is 9.80 Å². The summed E-state index contributed by atoms with van der Waals surface area (Å²) < 4.78 is 39.2. The average molecular weight is 340 g/mol. The molecule has 1 aliphatic heterocycles. The van der Waals surface area contributed by atoms with Crippen LogP contribution in [0.3, 0.4) is 0 Å². The molecule has 3 rings (SSSR count). The molecular weight excluding hydrogens is 317 g/mol. The van der Waals surface area contributed by atoms with Crippen LogP contribution in [0.25, 0.3) is 0 Å². The molecule has 1 saturated heterocycles. The minimum absolute atomic E-state index is 0.215. The number of nitrogens with zero attached hydrogens (tertiary/aromatic N) is 2. The van der Waals surface area contributed by atoms with Gasteiger partial charge >= 0.3 is 6.18 Å². The van der Waals surface area contributed by atoms with E-state index in [0.29, 0.717) is 12.1 Å². The van der Waals surface area contributed by atoms with Gasteiger partial charge in [-0.25, -0.2) is 0 Å². The van der Waals surface area contributed by atoms with E-state index in [4.69, 9.17) is 0 Å². The van der Waals surface area contributed by atoms with Gasteiger partial charge in [0.05, 0.1) is 5.56 Å². The summed E-state index contributed by atoms with van der Waals surface area (Å²) in [5.74, 6) is 0.447. The van der Waals surface area contributed by atoms with Crippen LogP contribution in [0.4, 0.5) is 13.2 Å². The van der Waals surface area contributed by atoms with Gasteiger partial charge in [-0.05, 0) is 37.3 Å². The second-order valence-electron chi connectivity index (χ2n) is 6.89. The average Bonchev–Trinajstić information content (AvgIpc) is 3.39. The monoisotopic (exact) mass is 340 g/mol. The second-order valence-corrected chi connectivity index (χ2v) is 6.89. The normalized spacial score (nSPS) is 20.2. The number of alkyl halides is 3. The number of benzene rings is 1. The van der Waals surface area contributed by atoms with Crippen LogP contribution in [0.1, 0.15) is 36.8 Å². The molecule has 0 atom stereocenters. The third kappa shape index (κ3) is 3.91. The standard InChI is InChI=1S/C18H23F3N2O/c1-22(17(24)13-6-7-13)15-8-10-23(11-9-15)12-14-4-2-3-5-16(14)18(19,20)21/h2-5,13,15H,6-12H2,1H3. The minimum atomic E-state index is -4.31. The molecule has 1 saturated carbocycles. The van der Waals surface area contributed by atoms with Gasteiger partial charge in [0.1, 0.15) is 0 Å². The number of halogens is 3. The van der Waals surface area contributed by atoms with Crippen LogP contribution in [0, 0.1) is 5.92 Å². The lowest BCUT2D eigenvalue weighted by Gasteiger charge is -2.37. The molecule has 0 aromatic heterocycles. The van der Waals surface area contributed by atoms with E-state index in [1.54, 1.807) is 12.1 Å². The van der Waals surface area contributed by atoms with Gasteiger partial charge < -0.3 is 4.90 Å². The minimum Gasteiger partial charge on any atom is -0.342 e. The highest BCUT2D eigenvalue weighted by molar-refractivity contribution is 5.81. The van der Waals surface area contributed by atoms with E-state index in [1.807, 2.05) is 11.9 Å². The number of hydrogen-bond donors (Lipinski definition) is 0. The first-order valence-corrected chi connectivity index (χ1v) is 8.50. The molecule has 1 heterocycles. The fourth-order valence-corrected chi connectivity index (χ4v) is 3.44. The molecule has 1 amide bonds. The molecule has 24 heavy (non-hydrogen) atoms. The van der Waals surface area contributed by atoms with E-state index >= 15 is 0 Å². The molecule has 132 valence electrons. The van der Waals surface area contributed by atoms with Crippen molar-refractivity contribution in [2.75, 3.05) is 20.1 Å². The number of piperidine rings is 1. The van der Waals surface area contributed by atoms with Crippen molar-refractivity contribution in [1.29, 1.82) is 0 Å². The Bertz CT molecular complexity index is 590. The number of carbonyl (C=O) groups is 1. The Morgan fingerprint density at radius 2 is 1.79 bits per heavy atom. The van der Waals surface area contributed by atoms with Crippen molar-refractivity contribution in [2.24, 2.45) is 5.92 Å². The summed E-state index contributed by atoms with van der Waals surface area (Å²) in [5.41, 5.74) is -0.223. The van der Waals surface area contributed by atoms with Crippen molar-refractivity contribution in [2.45, 2.75) is 44.4 Å². The van der Waals surface area contributed by atoms with Crippen molar-refractivity contribution in [3.8, 4) is 0 Å². The van der Waals surface area contributed by atoms with E-state index in [0.717, 1.165) is 44.8 Å². The molecule has 0 bridgehead atoms. The van der Waals surface area contributed by atoms with Gasteiger partial charge in [-0.3, -0.25) is 9.69 Å². The predicted molar refractivity (Wildman–Crippen MR) is 85.2 cm³/mol. The first-order valence-electron chi connectivity index (χ1n) is 8.50. The maximum absolute atomic E-state index is 13.1. The fourth-order valence-electron chi connectivity index (χ4n) is 3.44. The summed E-state index contributed by atoms with van der Waals surface area (Å²) in [4.78, 5) is 16.0. The molecule has 0 spiro atoms. The molecule has 0 unspecified atom stereocenters. The Hall–Kier alpha value is -1.56. The Kier molecular flexibility index (Phi) is 4.85. The third-order valence-corrected chi connectivity index (χ3v) is 5.10. The fraction of sp³-hybridized carbons (Fsp3) is 0.611. The first kappa shape index (κ1) is 17.3. The number of amides is 1. The molecule has 6 heteroatoms. The van der Waals surface area contributed by atoms with E-state index in [9.17, 15) is 18.0 Å². The molecule has 0 N–H and O–H groups in total. The van der Waals surface area contributed by atoms with Crippen molar-refractivity contribution < 1.29 is 18.0 Å². The van der Waals surface area contributed by atoms with Gasteiger partial charge in [-0.1, -0.05) is 18.2 Å². The van der Waals surface area contributed by atoms with Crippen LogP contribution >= 0.6 is 0 Å². The zero-order chi connectivity index (χ0) is 17.3. The van der Waals surface area contributed by atoms with Crippen molar-refractivity contribution >= 4 is 5.91 Å². The molecule has 0 radical (unpaired) electrons. The molecule has 1 aromatic carbocycles. The summed E-state index contributed by atoms with van der Waals surface area (Å²) in [5, 5.41) is 0. The Balaban J connectivity index is 1.57. The summed E-state index contributed by atoms with van der Waals surface area (Å²) >= 11 is 0. The zero-order valence-corrected chi connectivity index (χ0v) is 13.9. The number of carbonyl (C=O) groups excluding carboxylic acids is 1. The lowest BCUT2D eigenvalue weighted by Crippen LogP contribution is -2.45. The summed E-state index contributed by atoms with van der Waals surface area (Å²) in [6, 6.07) is 5.99. The third-order valence-electron chi connectivity index (χ3n) is 5.10. The lowest BCUT2D eigenvalue weighted by molar-refractivity contribution is -0.138. The smallest absolute Gasteiger partial charge is 0.342 e. The van der Waals surface area contributed by atoms with Gasteiger partial charge in [-0.15, -0.1) is 0 Å². The number of hydrogen-bond acceptors (Lipinski definition) is 2. The Labute approximate surface area is 140 Å². The van der Waals surface area contributed by atoms with E-state index in [1.165, 1.54) is 6.07 Å². The Morgan fingerprint density at radius 3 is 2.38 bits per heavy atom. The van der Waals surface area contributed by atoms with E-state index in [-0.39, 0.29) is 17.9 Å². The van der Waals surface area contributed by atoms with Crippen LogP contribution in [0.2, 0.25) is 0 Å². The predicted octanol–water partition coefficient (Wildman–Crippen LogP) is 3.54. The summed E-state index contributed by atoms with van der Waals surface area (Å²) in [6.07, 6.45) is -0.676. The SMILES string of the molecule is CN(C(=O)C1CC1)C1CCN(Cc2ccccc2C(F)(F)F)CC1. The number of rotatable bonds is 4. The van der Waals surface area contributed by atoms with Crippen molar-refractivity contribution in [3.05, 3.63) is 35.4 Å². The maximum Gasteiger partial charge on any atom is 0.416 e. The quantitative estimate of drug-likeness (QED) is 0.837. The zero-order valence-electron chi connectivity index (χ0n) is 13.9. The van der Waals surface area contributed by atoms with Crippen LogP contribution in [-0.2, 0) is 17.5 Å². The van der Waals surface area contributed by atoms with Crippen LogP contribution in [0.15, 0.2) is 24.3 Å². The molecule has 2 aliphatic rings. The van der Waals surface area contributed by atoms with Crippen LogP contribution in [0.5, 0.6) is 0 Å². The highest BCUT2D eigenvalue weighted by Gasteiger charge is 2.36. The summed E-state index contributed by atoms with van der Waals surface area (Å²) in [7, 11) is 1.86. The second kappa shape index (κ2) is 6.75. The molecule has 1 aliphatic carbocycles. The van der Waals surface area contributed by atoms with Crippen LogP contribution < -0.4 is 0 Å². The maximum atomic E-state index is 13.1. The highest BCUT2D eigenvalue weighted by Crippen LogP contribution is 2.34. The molecular formula is C18H23F3N2O. The molecule has 3 nitrogen and oxygen atoms in total. The lowest BCUT2D eigenvalue weighted by atomic mass is 10.0. The summed E-state index contributed by atoms with van der Waals surface area (Å²) in [6.45, 7) is 1.75. The first-order chi connectivity index (χ1) is 11.4. The van der Waals surface area contributed by atoms with E-state index in [2.05, 4.69) is 4.90 Å². The van der Waals surface area contributed by atoms with Gasteiger partial charge in [0, 0.05) is 38.6 Å². The van der Waals surface area contributed by atoms with Gasteiger partial charge in [0.2, 0.25) is 5.91 Å². The topological polar surface area (TPSA) is 23.6 Å². The molecule has 2 fully saturated rings. The Morgan fingerprint density at radius 1 is 1.17 bits per heavy atom.